The molecule has 30 heavy (non-hydrogen) atoms. The van der Waals surface area contributed by atoms with Gasteiger partial charge in [0, 0.05) is 12.6 Å². The van der Waals surface area contributed by atoms with E-state index >= 15 is 0 Å². The number of nitrogens with one attached hydrogen (secondary N) is 3. The average Bonchev–Trinajstić information content (AvgIpc) is 2.75. The molecule has 0 bridgehead atoms. The van der Waals surface area contributed by atoms with Crippen molar-refractivity contribution in [2.75, 3.05) is 5.32 Å². The number of hydrogen-bond acceptors (Lipinski definition) is 3. The first-order valence-corrected chi connectivity index (χ1v) is 10.5. The molecular weight excluding hydrogens is 378 g/mol. The van der Waals surface area contributed by atoms with Crippen LogP contribution in [-0.4, -0.2) is 23.8 Å². The van der Waals surface area contributed by atoms with Gasteiger partial charge in [-0.25, -0.2) is 0 Å². The average molecular weight is 408 g/mol. The summed E-state index contributed by atoms with van der Waals surface area (Å²) in [7, 11) is 0. The highest BCUT2D eigenvalue weighted by atomic mass is 16.2. The standard InChI is InChI=1S/C24H29N3O3/c1-16-7-11-18(12-8-16)15-25-22(28)20-5-3-4-6-21(20)27-24(30)23(29)26-19-13-9-17(2)10-14-19/h3-8,11-12,17,19H,9-10,13-15H2,1-2H3,(H,25,28)(H,26,29)(H,27,30). The SMILES string of the molecule is Cc1ccc(CNC(=O)c2ccccc2NC(=O)C(=O)NC2CCC(C)CC2)cc1. The van der Waals surface area contributed by atoms with E-state index in [-0.39, 0.29) is 11.9 Å². The fraction of sp³-hybridized carbons (Fsp3) is 0.375. The number of carbonyl (C=O) groups excluding carboxylic acids is 3. The van der Waals surface area contributed by atoms with Crippen molar-refractivity contribution < 1.29 is 14.4 Å². The Balaban J connectivity index is 1.58. The van der Waals surface area contributed by atoms with E-state index in [9.17, 15) is 14.4 Å². The predicted octanol–water partition coefficient (Wildman–Crippen LogP) is 3.56. The van der Waals surface area contributed by atoms with Gasteiger partial charge in [0.1, 0.15) is 0 Å². The summed E-state index contributed by atoms with van der Waals surface area (Å²) in [6.07, 6.45) is 3.88. The second kappa shape index (κ2) is 10.1. The molecule has 0 radical (unpaired) electrons. The summed E-state index contributed by atoms with van der Waals surface area (Å²) in [5.41, 5.74) is 2.77. The molecule has 3 N–H and O–H groups in total. The number of hydrogen-bond donors (Lipinski definition) is 3. The topological polar surface area (TPSA) is 87.3 Å². The molecule has 1 aliphatic rings. The van der Waals surface area contributed by atoms with Crippen LogP contribution >= 0.6 is 0 Å². The van der Waals surface area contributed by atoms with Crippen LogP contribution in [0, 0.1) is 12.8 Å². The molecule has 3 amide bonds. The lowest BCUT2D eigenvalue weighted by Gasteiger charge is -2.26. The maximum atomic E-state index is 12.6. The Hall–Kier alpha value is -3.15. The fourth-order valence-electron chi connectivity index (χ4n) is 3.61. The minimum atomic E-state index is -0.757. The van der Waals surface area contributed by atoms with Crippen LogP contribution in [0.3, 0.4) is 0 Å². The van der Waals surface area contributed by atoms with Gasteiger partial charge in [0.15, 0.2) is 0 Å². The summed E-state index contributed by atoms with van der Waals surface area (Å²) in [4.78, 5) is 37.3. The minimum absolute atomic E-state index is 0.0347. The zero-order valence-electron chi connectivity index (χ0n) is 17.5. The molecule has 0 aromatic heterocycles. The highest BCUT2D eigenvalue weighted by molar-refractivity contribution is 6.40. The quantitative estimate of drug-likeness (QED) is 0.663. The number of benzene rings is 2. The van der Waals surface area contributed by atoms with Crippen molar-refractivity contribution in [3.63, 3.8) is 0 Å². The van der Waals surface area contributed by atoms with Gasteiger partial charge in [-0.2, -0.15) is 0 Å². The normalized spacial score (nSPS) is 18.3. The maximum absolute atomic E-state index is 12.6. The van der Waals surface area contributed by atoms with Gasteiger partial charge < -0.3 is 16.0 Å². The van der Waals surface area contributed by atoms with E-state index in [1.165, 1.54) is 0 Å². The molecule has 0 saturated heterocycles. The first-order valence-electron chi connectivity index (χ1n) is 10.5. The van der Waals surface area contributed by atoms with E-state index in [0.717, 1.165) is 36.8 Å². The molecule has 6 nitrogen and oxygen atoms in total. The summed E-state index contributed by atoms with van der Waals surface area (Å²) in [6.45, 7) is 4.58. The fourth-order valence-corrected chi connectivity index (χ4v) is 3.61. The molecule has 1 aliphatic carbocycles. The maximum Gasteiger partial charge on any atom is 0.313 e. The van der Waals surface area contributed by atoms with Crippen LogP contribution in [0.4, 0.5) is 5.69 Å². The minimum Gasteiger partial charge on any atom is -0.348 e. The Morgan fingerprint density at radius 2 is 1.57 bits per heavy atom. The highest BCUT2D eigenvalue weighted by Gasteiger charge is 2.23. The highest BCUT2D eigenvalue weighted by Crippen LogP contribution is 2.23. The Morgan fingerprint density at radius 3 is 2.27 bits per heavy atom. The van der Waals surface area contributed by atoms with Crippen LogP contribution < -0.4 is 16.0 Å². The van der Waals surface area contributed by atoms with Crippen molar-refractivity contribution in [2.45, 2.75) is 52.1 Å². The van der Waals surface area contributed by atoms with Crippen molar-refractivity contribution in [3.05, 3.63) is 65.2 Å². The molecule has 0 heterocycles. The summed E-state index contributed by atoms with van der Waals surface area (Å²) >= 11 is 0. The van der Waals surface area contributed by atoms with E-state index in [1.807, 2.05) is 31.2 Å². The van der Waals surface area contributed by atoms with Gasteiger partial charge in [-0.15, -0.1) is 0 Å². The van der Waals surface area contributed by atoms with Gasteiger partial charge in [-0.05, 0) is 56.2 Å². The number of anilines is 1. The van der Waals surface area contributed by atoms with E-state index in [0.29, 0.717) is 23.7 Å². The van der Waals surface area contributed by atoms with Gasteiger partial charge in [-0.1, -0.05) is 48.9 Å². The first kappa shape index (κ1) is 21.6. The van der Waals surface area contributed by atoms with Gasteiger partial charge in [0.25, 0.3) is 5.91 Å². The Bertz CT molecular complexity index is 900. The number of carbonyl (C=O) groups is 3. The third-order valence-electron chi connectivity index (χ3n) is 5.55. The smallest absolute Gasteiger partial charge is 0.313 e. The summed E-state index contributed by atoms with van der Waals surface area (Å²) in [5, 5.41) is 8.25. The second-order valence-electron chi connectivity index (χ2n) is 8.10. The monoisotopic (exact) mass is 407 g/mol. The molecule has 2 aromatic carbocycles. The molecule has 0 atom stereocenters. The van der Waals surface area contributed by atoms with E-state index < -0.39 is 11.8 Å². The van der Waals surface area contributed by atoms with Crippen LogP contribution in [0.25, 0.3) is 0 Å². The number of rotatable bonds is 5. The molecule has 1 fully saturated rings. The zero-order valence-corrected chi connectivity index (χ0v) is 17.5. The number of amides is 3. The van der Waals surface area contributed by atoms with Gasteiger partial charge in [0.2, 0.25) is 0 Å². The van der Waals surface area contributed by atoms with E-state index in [4.69, 9.17) is 0 Å². The molecule has 2 aromatic rings. The third-order valence-corrected chi connectivity index (χ3v) is 5.55. The van der Waals surface area contributed by atoms with Crippen LogP contribution in [0.2, 0.25) is 0 Å². The van der Waals surface area contributed by atoms with Crippen molar-refractivity contribution in [1.82, 2.24) is 10.6 Å². The molecule has 0 unspecified atom stereocenters. The van der Waals surface area contributed by atoms with Gasteiger partial charge in [0.05, 0.1) is 11.3 Å². The summed E-state index contributed by atoms with van der Waals surface area (Å²) < 4.78 is 0. The van der Waals surface area contributed by atoms with Crippen molar-refractivity contribution in [2.24, 2.45) is 5.92 Å². The van der Waals surface area contributed by atoms with Crippen molar-refractivity contribution in [1.29, 1.82) is 0 Å². The lowest BCUT2D eigenvalue weighted by atomic mass is 9.87. The molecule has 1 saturated carbocycles. The Labute approximate surface area is 177 Å². The van der Waals surface area contributed by atoms with Gasteiger partial charge in [-0.3, -0.25) is 14.4 Å². The van der Waals surface area contributed by atoms with Crippen molar-refractivity contribution >= 4 is 23.4 Å². The number of para-hydroxylation sites is 1. The summed E-state index contributed by atoms with van der Waals surface area (Å²) in [6, 6.07) is 14.6. The van der Waals surface area contributed by atoms with Crippen LogP contribution in [-0.2, 0) is 16.1 Å². The third kappa shape index (κ3) is 5.92. The number of aryl methyl sites for hydroxylation is 1. The Kier molecular flexibility index (Phi) is 7.22. The summed E-state index contributed by atoms with van der Waals surface area (Å²) in [5.74, 6) is -1.07. The molecule has 0 aliphatic heterocycles. The van der Waals surface area contributed by atoms with Gasteiger partial charge >= 0.3 is 11.8 Å². The molecule has 3 rings (SSSR count). The van der Waals surface area contributed by atoms with Crippen molar-refractivity contribution in [3.8, 4) is 0 Å². The predicted molar refractivity (Wildman–Crippen MR) is 117 cm³/mol. The molecule has 0 spiro atoms. The zero-order chi connectivity index (χ0) is 21.5. The lowest BCUT2D eigenvalue weighted by Crippen LogP contribution is -2.43. The van der Waals surface area contributed by atoms with Crippen LogP contribution in [0.5, 0.6) is 0 Å². The lowest BCUT2D eigenvalue weighted by molar-refractivity contribution is -0.136. The molecule has 158 valence electrons. The second-order valence-corrected chi connectivity index (χ2v) is 8.10. The van der Waals surface area contributed by atoms with Crippen LogP contribution in [0.1, 0.15) is 54.1 Å². The van der Waals surface area contributed by atoms with E-state index in [2.05, 4.69) is 22.9 Å². The molecule has 6 heteroatoms. The molecular formula is C24H29N3O3. The Morgan fingerprint density at radius 1 is 0.900 bits per heavy atom. The largest absolute Gasteiger partial charge is 0.348 e. The first-order chi connectivity index (χ1) is 14.4. The van der Waals surface area contributed by atoms with E-state index in [1.54, 1.807) is 24.3 Å². The van der Waals surface area contributed by atoms with Crippen LogP contribution in [0.15, 0.2) is 48.5 Å².